The van der Waals surface area contributed by atoms with E-state index in [4.69, 9.17) is 0 Å². The maximum atomic E-state index is 12.6. The first-order valence-corrected chi connectivity index (χ1v) is 9.08. The van der Waals surface area contributed by atoms with Gasteiger partial charge in [-0.1, -0.05) is 36.8 Å². The van der Waals surface area contributed by atoms with Gasteiger partial charge in [0, 0.05) is 17.1 Å². The molecule has 0 aliphatic carbocycles. The SMILES string of the molecule is O=C(Nc1ccc2[nH]ncc2c1)N[C@@H](c1ccccc1)[C@@H]1CCCCN1. The summed E-state index contributed by atoms with van der Waals surface area (Å²) in [6, 6.07) is 15.8. The number of H-pyrrole nitrogens is 1. The van der Waals surface area contributed by atoms with E-state index in [-0.39, 0.29) is 18.1 Å². The molecule has 0 unspecified atom stereocenters. The first-order valence-electron chi connectivity index (χ1n) is 9.08. The van der Waals surface area contributed by atoms with Gasteiger partial charge in [-0.25, -0.2) is 4.79 Å². The molecule has 2 aromatic carbocycles. The highest BCUT2D eigenvalue weighted by atomic mass is 16.2. The number of aromatic nitrogens is 2. The molecule has 4 N–H and O–H groups in total. The van der Waals surface area contributed by atoms with E-state index in [1.54, 1.807) is 6.20 Å². The second-order valence-corrected chi connectivity index (χ2v) is 6.72. The summed E-state index contributed by atoms with van der Waals surface area (Å²) >= 11 is 0. The fourth-order valence-electron chi connectivity index (χ4n) is 3.57. The monoisotopic (exact) mass is 349 g/mol. The average molecular weight is 349 g/mol. The van der Waals surface area contributed by atoms with Gasteiger partial charge in [-0.15, -0.1) is 0 Å². The number of fused-ring (bicyclic) bond motifs is 1. The van der Waals surface area contributed by atoms with E-state index in [1.807, 2.05) is 36.4 Å². The van der Waals surface area contributed by atoms with Gasteiger partial charge in [0.15, 0.2) is 0 Å². The standard InChI is InChI=1S/C20H23N5O/c26-20(23-16-9-10-17-15(12-16)13-22-25-17)24-19(14-6-2-1-3-7-14)18-8-4-5-11-21-18/h1-3,6-7,9-10,12-13,18-19,21H,4-5,8,11H2,(H,22,25)(H2,23,24,26)/t18-,19-/m0/s1. The summed E-state index contributed by atoms with van der Waals surface area (Å²) in [5.74, 6) is 0. The summed E-state index contributed by atoms with van der Waals surface area (Å²) in [7, 11) is 0. The zero-order chi connectivity index (χ0) is 17.8. The van der Waals surface area contributed by atoms with E-state index < -0.39 is 0 Å². The summed E-state index contributed by atoms with van der Waals surface area (Å²) in [5, 5.41) is 17.5. The number of carbonyl (C=O) groups excluding carboxylic acids is 1. The third kappa shape index (κ3) is 3.70. The number of carbonyl (C=O) groups is 1. The molecule has 0 saturated carbocycles. The Balaban J connectivity index is 1.49. The Morgan fingerprint density at radius 3 is 2.85 bits per heavy atom. The number of hydrogen-bond donors (Lipinski definition) is 4. The van der Waals surface area contributed by atoms with Gasteiger partial charge in [0.1, 0.15) is 0 Å². The largest absolute Gasteiger partial charge is 0.329 e. The van der Waals surface area contributed by atoms with Crippen molar-refractivity contribution in [1.82, 2.24) is 20.8 Å². The van der Waals surface area contributed by atoms with Crippen LogP contribution in [0.2, 0.25) is 0 Å². The second-order valence-electron chi connectivity index (χ2n) is 6.72. The van der Waals surface area contributed by atoms with E-state index in [0.29, 0.717) is 0 Å². The number of nitrogens with zero attached hydrogens (tertiary/aromatic N) is 1. The zero-order valence-corrected chi connectivity index (χ0v) is 14.5. The number of nitrogens with one attached hydrogen (secondary N) is 4. The molecule has 6 heteroatoms. The Kier molecular flexibility index (Phi) is 4.84. The van der Waals surface area contributed by atoms with Gasteiger partial charge in [0.2, 0.25) is 0 Å². The van der Waals surface area contributed by atoms with Crippen molar-refractivity contribution in [2.75, 3.05) is 11.9 Å². The van der Waals surface area contributed by atoms with Gasteiger partial charge in [-0.05, 0) is 43.1 Å². The van der Waals surface area contributed by atoms with Crippen molar-refractivity contribution in [3.05, 3.63) is 60.3 Å². The Morgan fingerprint density at radius 1 is 1.15 bits per heavy atom. The molecule has 0 bridgehead atoms. The van der Waals surface area contributed by atoms with Crippen molar-refractivity contribution in [2.24, 2.45) is 0 Å². The zero-order valence-electron chi connectivity index (χ0n) is 14.5. The van der Waals surface area contributed by atoms with Crippen molar-refractivity contribution in [2.45, 2.75) is 31.3 Å². The van der Waals surface area contributed by atoms with Crippen molar-refractivity contribution in [3.63, 3.8) is 0 Å². The molecule has 4 rings (SSSR count). The number of anilines is 1. The van der Waals surface area contributed by atoms with Crippen molar-refractivity contribution in [1.29, 1.82) is 0 Å². The lowest BCUT2D eigenvalue weighted by molar-refractivity contribution is 0.240. The van der Waals surface area contributed by atoms with Gasteiger partial charge in [0.05, 0.1) is 17.8 Å². The van der Waals surface area contributed by atoms with Crippen LogP contribution in [0.1, 0.15) is 30.9 Å². The quantitative estimate of drug-likeness (QED) is 0.581. The van der Waals surface area contributed by atoms with Gasteiger partial charge < -0.3 is 16.0 Å². The predicted octanol–water partition coefficient (Wildman–Crippen LogP) is 3.57. The highest BCUT2D eigenvalue weighted by Crippen LogP contribution is 2.23. The molecule has 134 valence electrons. The van der Waals surface area contributed by atoms with Crippen LogP contribution in [-0.4, -0.2) is 28.8 Å². The van der Waals surface area contributed by atoms with Crippen LogP contribution in [0, 0.1) is 0 Å². The van der Waals surface area contributed by atoms with Crippen LogP contribution in [0.15, 0.2) is 54.7 Å². The van der Waals surface area contributed by atoms with Crippen LogP contribution in [0.5, 0.6) is 0 Å². The molecule has 1 aromatic heterocycles. The molecule has 0 radical (unpaired) electrons. The van der Waals surface area contributed by atoms with Crippen LogP contribution in [0.4, 0.5) is 10.5 Å². The summed E-state index contributed by atoms with van der Waals surface area (Å²) in [4.78, 5) is 12.6. The van der Waals surface area contributed by atoms with Gasteiger partial charge in [0.25, 0.3) is 0 Å². The molecule has 1 aliphatic heterocycles. The molecular weight excluding hydrogens is 326 g/mol. The second kappa shape index (κ2) is 7.58. The van der Waals surface area contributed by atoms with Crippen molar-refractivity contribution >= 4 is 22.6 Å². The molecule has 2 atom stereocenters. The normalized spacial score (nSPS) is 18.4. The highest BCUT2D eigenvalue weighted by Gasteiger charge is 2.26. The maximum absolute atomic E-state index is 12.6. The minimum Gasteiger partial charge on any atom is -0.329 e. The molecule has 2 heterocycles. The Bertz CT molecular complexity index is 870. The molecule has 1 fully saturated rings. The number of rotatable bonds is 4. The molecule has 2 amide bonds. The Hall–Kier alpha value is -2.86. The molecule has 0 spiro atoms. The van der Waals surface area contributed by atoms with Crippen LogP contribution < -0.4 is 16.0 Å². The number of hydrogen-bond acceptors (Lipinski definition) is 3. The molecule has 1 aliphatic rings. The third-order valence-corrected chi connectivity index (χ3v) is 4.89. The van der Waals surface area contributed by atoms with Crippen LogP contribution >= 0.6 is 0 Å². The molecule has 3 aromatic rings. The van der Waals surface area contributed by atoms with E-state index in [0.717, 1.165) is 35.1 Å². The highest BCUT2D eigenvalue weighted by molar-refractivity contribution is 5.92. The Labute approximate surface area is 152 Å². The fourth-order valence-corrected chi connectivity index (χ4v) is 3.57. The summed E-state index contributed by atoms with van der Waals surface area (Å²) in [6.07, 6.45) is 5.17. The maximum Gasteiger partial charge on any atom is 0.319 e. The minimum absolute atomic E-state index is 0.0610. The number of aromatic amines is 1. The lowest BCUT2D eigenvalue weighted by Gasteiger charge is -2.32. The van der Waals surface area contributed by atoms with Gasteiger partial charge in [-0.3, -0.25) is 5.10 Å². The third-order valence-electron chi connectivity index (χ3n) is 4.89. The number of piperidine rings is 1. The first kappa shape index (κ1) is 16.6. The smallest absolute Gasteiger partial charge is 0.319 e. The van der Waals surface area contributed by atoms with E-state index in [1.165, 1.54) is 12.8 Å². The lowest BCUT2D eigenvalue weighted by atomic mass is 9.92. The van der Waals surface area contributed by atoms with E-state index >= 15 is 0 Å². The van der Waals surface area contributed by atoms with Crippen LogP contribution in [-0.2, 0) is 0 Å². The number of amides is 2. The topological polar surface area (TPSA) is 81.8 Å². The van der Waals surface area contributed by atoms with Gasteiger partial charge in [-0.2, -0.15) is 5.10 Å². The lowest BCUT2D eigenvalue weighted by Crippen LogP contribution is -2.47. The van der Waals surface area contributed by atoms with E-state index in [9.17, 15) is 4.79 Å². The summed E-state index contributed by atoms with van der Waals surface area (Å²) < 4.78 is 0. The Morgan fingerprint density at radius 2 is 2.04 bits per heavy atom. The van der Waals surface area contributed by atoms with Crippen LogP contribution in [0.3, 0.4) is 0 Å². The fraction of sp³-hybridized carbons (Fsp3) is 0.300. The molecule has 26 heavy (non-hydrogen) atoms. The minimum atomic E-state index is -0.200. The first-order chi connectivity index (χ1) is 12.8. The summed E-state index contributed by atoms with van der Waals surface area (Å²) in [5.41, 5.74) is 2.82. The van der Waals surface area contributed by atoms with Crippen molar-refractivity contribution in [3.8, 4) is 0 Å². The molecule has 6 nitrogen and oxygen atoms in total. The summed E-state index contributed by atoms with van der Waals surface area (Å²) in [6.45, 7) is 0.995. The number of benzene rings is 2. The molecular formula is C20H23N5O. The van der Waals surface area contributed by atoms with Crippen molar-refractivity contribution < 1.29 is 4.79 Å². The van der Waals surface area contributed by atoms with E-state index in [2.05, 4.69) is 38.3 Å². The number of urea groups is 1. The predicted molar refractivity (Wildman–Crippen MR) is 103 cm³/mol. The van der Waals surface area contributed by atoms with Crippen LogP contribution in [0.25, 0.3) is 10.9 Å². The molecule has 1 saturated heterocycles. The average Bonchev–Trinajstić information content (AvgIpc) is 3.15. The van der Waals surface area contributed by atoms with Gasteiger partial charge >= 0.3 is 6.03 Å².